The van der Waals surface area contributed by atoms with Crippen molar-refractivity contribution >= 4 is 40.3 Å². The molecule has 0 radical (unpaired) electrons. The van der Waals surface area contributed by atoms with Crippen molar-refractivity contribution in [3.8, 4) is 16.9 Å². The average molecular weight is 539 g/mol. The van der Waals surface area contributed by atoms with E-state index < -0.39 is 16.5 Å². The van der Waals surface area contributed by atoms with Crippen LogP contribution in [0.15, 0.2) is 78.1 Å². The number of nitro groups is 1. The lowest BCUT2D eigenvalue weighted by molar-refractivity contribution is -0.384. The third kappa shape index (κ3) is 5.25. The molecule has 5 rings (SSSR count). The Morgan fingerprint density at radius 3 is 2.50 bits per heavy atom. The number of carbonyl (C=O) groups is 1. The molecule has 1 aliphatic heterocycles. The van der Waals surface area contributed by atoms with Gasteiger partial charge < -0.3 is 14.4 Å². The van der Waals surface area contributed by atoms with Crippen LogP contribution in [0.1, 0.15) is 11.1 Å². The summed E-state index contributed by atoms with van der Waals surface area (Å²) >= 11 is 0. The third-order valence-corrected chi connectivity index (χ3v) is 6.66. The molecule has 202 valence electrons. The van der Waals surface area contributed by atoms with E-state index in [1.807, 2.05) is 18.2 Å². The highest BCUT2D eigenvalue weighted by molar-refractivity contribution is 5.95. The number of esters is 1. The van der Waals surface area contributed by atoms with E-state index in [-0.39, 0.29) is 11.4 Å². The molecule has 0 amide bonds. The van der Waals surface area contributed by atoms with Gasteiger partial charge in [0.1, 0.15) is 5.69 Å². The first-order chi connectivity index (χ1) is 19.4. The maximum atomic E-state index is 13.7. The number of nitro benzene ring substituents is 1. The summed E-state index contributed by atoms with van der Waals surface area (Å²) in [4.78, 5) is 39.0. The van der Waals surface area contributed by atoms with Crippen LogP contribution < -0.4 is 10.5 Å². The highest BCUT2D eigenvalue weighted by Gasteiger charge is 2.23. The van der Waals surface area contributed by atoms with Gasteiger partial charge in [0.2, 0.25) is 0 Å². The number of morpholine rings is 1. The Morgan fingerprint density at radius 1 is 1.07 bits per heavy atom. The number of rotatable bonds is 7. The van der Waals surface area contributed by atoms with Crippen LogP contribution in [-0.2, 0) is 14.3 Å². The summed E-state index contributed by atoms with van der Waals surface area (Å²) in [7, 11) is 1.30. The summed E-state index contributed by atoms with van der Waals surface area (Å²) in [6, 6.07) is 17.2. The fourth-order valence-corrected chi connectivity index (χ4v) is 4.68. The summed E-state index contributed by atoms with van der Waals surface area (Å²) in [5, 5.41) is 17.7. The van der Waals surface area contributed by atoms with Crippen molar-refractivity contribution in [2.45, 2.75) is 0 Å². The molecule has 0 atom stereocenters. The lowest BCUT2D eigenvalue weighted by atomic mass is 9.99. The number of methoxy groups -OCH3 is 1. The van der Waals surface area contributed by atoms with Crippen LogP contribution in [0.3, 0.4) is 0 Å². The molecule has 4 aromatic rings. The molecule has 1 aliphatic rings. The Balaban J connectivity index is 1.76. The zero-order valence-electron chi connectivity index (χ0n) is 21.8. The average Bonchev–Trinajstić information content (AvgIpc) is 3.00. The van der Waals surface area contributed by atoms with Crippen molar-refractivity contribution in [2.75, 3.05) is 38.3 Å². The minimum absolute atomic E-state index is 0.0664. The largest absolute Gasteiger partial charge is 0.466 e. The molecule has 0 spiro atoms. The molecule has 0 bridgehead atoms. The zero-order valence-corrected chi connectivity index (χ0v) is 21.8. The summed E-state index contributed by atoms with van der Waals surface area (Å²) in [5.74, 6) is -0.505. The van der Waals surface area contributed by atoms with Gasteiger partial charge in [-0.3, -0.25) is 14.9 Å². The predicted molar refractivity (Wildman–Crippen MR) is 154 cm³/mol. The number of nitrogens with zero attached hydrogens (tertiary/aromatic N) is 4. The maximum absolute atomic E-state index is 13.7. The molecule has 40 heavy (non-hydrogen) atoms. The van der Waals surface area contributed by atoms with Crippen LogP contribution in [-0.4, -0.2) is 54.1 Å². The van der Waals surface area contributed by atoms with Crippen molar-refractivity contribution < 1.29 is 19.2 Å². The lowest BCUT2D eigenvalue weighted by Crippen LogP contribution is -2.36. The molecule has 1 saturated heterocycles. The van der Waals surface area contributed by atoms with Gasteiger partial charge in [-0.25, -0.2) is 4.79 Å². The predicted octanol–water partition coefficient (Wildman–Crippen LogP) is 4.63. The van der Waals surface area contributed by atoms with Crippen LogP contribution in [0.25, 0.3) is 39.9 Å². The van der Waals surface area contributed by atoms with Crippen LogP contribution >= 0.6 is 0 Å². The number of aromatic nitrogens is 2. The van der Waals surface area contributed by atoms with Crippen molar-refractivity contribution in [2.24, 2.45) is 0 Å². The number of fused-ring (bicyclic) bond motifs is 1. The van der Waals surface area contributed by atoms with Crippen molar-refractivity contribution in [1.29, 1.82) is 0 Å². The van der Waals surface area contributed by atoms with Gasteiger partial charge in [-0.05, 0) is 53.6 Å². The summed E-state index contributed by atoms with van der Waals surface area (Å²) in [6.07, 6.45) is 4.57. The molecule has 10 heteroatoms. The molecule has 1 aromatic heterocycles. The number of hydrogen-bond donors (Lipinski definition) is 0. The first kappa shape index (κ1) is 26.5. The normalized spacial score (nSPS) is 13.5. The van der Waals surface area contributed by atoms with Gasteiger partial charge >= 0.3 is 5.97 Å². The van der Waals surface area contributed by atoms with Gasteiger partial charge in [0.15, 0.2) is 0 Å². The fourth-order valence-electron chi connectivity index (χ4n) is 4.68. The van der Waals surface area contributed by atoms with Crippen molar-refractivity contribution in [1.82, 2.24) is 9.78 Å². The molecule has 1 fully saturated rings. The second-order valence-electron chi connectivity index (χ2n) is 9.09. The molecule has 0 unspecified atom stereocenters. The number of carbonyl (C=O) groups excluding carboxylic acids is 1. The van der Waals surface area contributed by atoms with Gasteiger partial charge in [0.05, 0.1) is 36.3 Å². The second-order valence-corrected chi connectivity index (χ2v) is 9.09. The maximum Gasteiger partial charge on any atom is 0.330 e. The Kier molecular flexibility index (Phi) is 7.52. The molecular weight excluding hydrogens is 512 g/mol. The molecule has 2 heterocycles. The van der Waals surface area contributed by atoms with Gasteiger partial charge in [0, 0.05) is 41.9 Å². The Bertz CT molecular complexity index is 1720. The van der Waals surface area contributed by atoms with Gasteiger partial charge in [-0.15, -0.1) is 0 Å². The van der Waals surface area contributed by atoms with Crippen LogP contribution in [0.2, 0.25) is 0 Å². The van der Waals surface area contributed by atoms with E-state index in [0.29, 0.717) is 53.9 Å². The summed E-state index contributed by atoms with van der Waals surface area (Å²) in [5.41, 5.74) is 2.60. The number of anilines is 1. The molecule has 10 nitrogen and oxygen atoms in total. The van der Waals surface area contributed by atoms with E-state index >= 15 is 0 Å². The topological polar surface area (TPSA) is 117 Å². The summed E-state index contributed by atoms with van der Waals surface area (Å²) < 4.78 is 11.2. The molecule has 0 saturated carbocycles. The molecule has 0 aliphatic carbocycles. The number of benzene rings is 3. The third-order valence-electron chi connectivity index (χ3n) is 6.66. The standard InChI is InChI=1S/C30H26N4O6/c1-3-20-16-21(8-11-28(35)39-2)18-22(17-20)29-24-6-4-5-7-25(24)30(36)33(31-29)27-19-23(9-10-26(27)34(37)38)32-12-14-40-15-13-32/h3-11,16-19H,1,12-15H2,2H3. The van der Waals surface area contributed by atoms with E-state index in [2.05, 4.69) is 11.5 Å². The van der Waals surface area contributed by atoms with Crippen LogP contribution in [0.5, 0.6) is 0 Å². The second kappa shape index (κ2) is 11.3. The van der Waals surface area contributed by atoms with E-state index in [0.717, 1.165) is 15.9 Å². The SMILES string of the molecule is C=Cc1cc(C=CC(=O)OC)cc(-c2nn(-c3cc(N4CCOCC4)ccc3[N+](=O)[O-])c(=O)c3ccccc23)c1. The van der Waals surface area contributed by atoms with Crippen LogP contribution in [0.4, 0.5) is 11.4 Å². The fraction of sp³-hybridized carbons (Fsp3) is 0.167. The van der Waals surface area contributed by atoms with E-state index in [1.54, 1.807) is 48.6 Å². The highest BCUT2D eigenvalue weighted by atomic mass is 16.6. The minimum atomic E-state index is -0.518. The van der Waals surface area contributed by atoms with E-state index in [1.165, 1.54) is 19.3 Å². The first-order valence-corrected chi connectivity index (χ1v) is 12.6. The molecule has 0 N–H and O–H groups in total. The number of hydrogen-bond acceptors (Lipinski definition) is 8. The lowest BCUT2D eigenvalue weighted by Gasteiger charge is -2.29. The summed E-state index contributed by atoms with van der Waals surface area (Å²) in [6.45, 7) is 6.19. The first-order valence-electron chi connectivity index (χ1n) is 12.6. The molecular formula is C30H26N4O6. The van der Waals surface area contributed by atoms with Gasteiger partial charge in [-0.2, -0.15) is 9.78 Å². The Morgan fingerprint density at radius 2 is 1.80 bits per heavy atom. The highest BCUT2D eigenvalue weighted by Crippen LogP contribution is 2.31. The van der Waals surface area contributed by atoms with E-state index in [4.69, 9.17) is 14.6 Å². The van der Waals surface area contributed by atoms with Gasteiger partial charge in [-0.1, -0.05) is 30.9 Å². The molecule has 3 aromatic carbocycles. The zero-order chi connectivity index (χ0) is 28.2. The minimum Gasteiger partial charge on any atom is -0.466 e. The van der Waals surface area contributed by atoms with Crippen molar-refractivity contribution in [3.05, 3.63) is 105 Å². The monoisotopic (exact) mass is 538 g/mol. The van der Waals surface area contributed by atoms with E-state index in [9.17, 15) is 19.7 Å². The Labute approximate surface area is 229 Å². The van der Waals surface area contributed by atoms with Crippen molar-refractivity contribution in [3.63, 3.8) is 0 Å². The van der Waals surface area contributed by atoms with Gasteiger partial charge in [0.25, 0.3) is 11.2 Å². The number of ether oxygens (including phenoxy) is 2. The Hall–Kier alpha value is -5.09. The van der Waals surface area contributed by atoms with Crippen LogP contribution in [0, 0.1) is 10.1 Å². The smallest absolute Gasteiger partial charge is 0.330 e. The quantitative estimate of drug-likeness (QED) is 0.145.